The molecule has 1 aliphatic heterocycles. The van der Waals surface area contributed by atoms with Crippen LogP contribution in [0.25, 0.3) is 0 Å². The van der Waals surface area contributed by atoms with Gasteiger partial charge < -0.3 is 10.9 Å². The van der Waals surface area contributed by atoms with E-state index in [1.807, 2.05) is 0 Å². The summed E-state index contributed by atoms with van der Waals surface area (Å²) < 4.78 is 0. The van der Waals surface area contributed by atoms with Crippen LogP contribution >= 0.6 is 0 Å². The molecule has 0 aromatic heterocycles. The minimum Gasteiger partial charge on any atom is -0.409 e. The Morgan fingerprint density at radius 1 is 1.47 bits per heavy atom. The van der Waals surface area contributed by atoms with Crippen LogP contribution < -0.4 is 5.73 Å². The lowest BCUT2D eigenvalue weighted by atomic mass is 9.96. The average Bonchev–Trinajstić information content (AvgIpc) is 2.45. The van der Waals surface area contributed by atoms with E-state index in [9.17, 15) is 0 Å². The molecule has 1 fully saturated rings. The van der Waals surface area contributed by atoms with Gasteiger partial charge in [0.1, 0.15) is 0 Å². The van der Waals surface area contributed by atoms with Crippen LogP contribution in [0, 0.1) is 5.92 Å². The van der Waals surface area contributed by atoms with Gasteiger partial charge in [-0.2, -0.15) is 0 Å². The zero-order valence-corrected chi connectivity index (χ0v) is 9.65. The van der Waals surface area contributed by atoms with Gasteiger partial charge in [-0.1, -0.05) is 24.9 Å². The van der Waals surface area contributed by atoms with E-state index in [4.69, 9.17) is 10.9 Å². The van der Waals surface area contributed by atoms with Crippen LogP contribution in [0.1, 0.15) is 39.0 Å². The summed E-state index contributed by atoms with van der Waals surface area (Å²) in [5.74, 6) is 1.20. The molecule has 0 aromatic rings. The first-order valence-corrected chi connectivity index (χ1v) is 5.95. The quantitative estimate of drug-likeness (QED) is 0.323. The standard InChI is InChI=1S/C11H23N3O/c1-2-4-10-5-3-7-14(8-6-10)9-11(12)13-15/h10,15H,2-9H2,1H3,(H2,12,13). The number of hydrogen-bond acceptors (Lipinski definition) is 3. The number of amidine groups is 1. The molecule has 3 N–H and O–H groups in total. The lowest BCUT2D eigenvalue weighted by Gasteiger charge is -2.18. The number of oxime groups is 1. The highest BCUT2D eigenvalue weighted by molar-refractivity contribution is 5.81. The fourth-order valence-corrected chi connectivity index (χ4v) is 2.34. The van der Waals surface area contributed by atoms with Crippen LogP contribution in [0.2, 0.25) is 0 Å². The highest BCUT2D eigenvalue weighted by Crippen LogP contribution is 2.21. The highest BCUT2D eigenvalue weighted by Gasteiger charge is 2.16. The number of nitrogens with two attached hydrogens (primary N) is 1. The first kappa shape index (κ1) is 12.3. The Labute approximate surface area is 92.1 Å². The van der Waals surface area contributed by atoms with Crippen molar-refractivity contribution in [3.05, 3.63) is 0 Å². The minimum absolute atomic E-state index is 0.323. The van der Waals surface area contributed by atoms with Crippen molar-refractivity contribution in [3.8, 4) is 0 Å². The summed E-state index contributed by atoms with van der Waals surface area (Å²) in [6.07, 6.45) is 6.46. The maximum Gasteiger partial charge on any atom is 0.153 e. The van der Waals surface area contributed by atoms with Crippen LogP contribution in [0.5, 0.6) is 0 Å². The Bertz CT molecular complexity index is 206. The Hall–Kier alpha value is -0.770. The molecule has 0 bridgehead atoms. The maximum atomic E-state index is 8.51. The van der Waals surface area contributed by atoms with Crippen molar-refractivity contribution < 1.29 is 5.21 Å². The molecule has 4 nitrogen and oxygen atoms in total. The summed E-state index contributed by atoms with van der Waals surface area (Å²) in [6, 6.07) is 0. The third-order valence-electron chi connectivity index (χ3n) is 3.15. The summed E-state index contributed by atoms with van der Waals surface area (Å²) in [7, 11) is 0. The van der Waals surface area contributed by atoms with Crippen molar-refractivity contribution >= 4 is 5.84 Å². The molecule has 1 atom stereocenters. The van der Waals surface area contributed by atoms with Crippen molar-refractivity contribution in [2.45, 2.75) is 39.0 Å². The third-order valence-corrected chi connectivity index (χ3v) is 3.15. The first-order chi connectivity index (χ1) is 7.26. The monoisotopic (exact) mass is 213 g/mol. The normalized spacial score (nSPS) is 25.1. The first-order valence-electron chi connectivity index (χ1n) is 5.95. The Morgan fingerprint density at radius 3 is 2.93 bits per heavy atom. The van der Waals surface area contributed by atoms with E-state index in [0.29, 0.717) is 12.4 Å². The molecule has 0 amide bonds. The van der Waals surface area contributed by atoms with E-state index in [0.717, 1.165) is 19.0 Å². The fourth-order valence-electron chi connectivity index (χ4n) is 2.34. The molecule has 88 valence electrons. The Balaban J connectivity index is 2.32. The van der Waals surface area contributed by atoms with E-state index >= 15 is 0 Å². The molecule has 0 radical (unpaired) electrons. The second kappa shape index (κ2) is 6.67. The van der Waals surface area contributed by atoms with Gasteiger partial charge in [0.05, 0.1) is 6.54 Å². The number of hydrogen-bond donors (Lipinski definition) is 2. The van der Waals surface area contributed by atoms with Gasteiger partial charge in [-0.05, 0) is 38.3 Å². The molecule has 1 saturated heterocycles. The van der Waals surface area contributed by atoms with Gasteiger partial charge in [-0.25, -0.2) is 0 Å². The second-order valence-corrected chi connectivity index (χ2v) is 4.45. The zero-order valence-electron chi connectivity index (χ0n) is 9.65. The van der Waals surface area contributed by atoms with Gasteiger partial charge in [0, 0.05) is 0 Å². The fraction of sp³-hybridized carbons (Fsp3) is 0.909. The van der Waals surface area contributed by atoms with Crippen molar-refractivity contribution in [2.24, 2.45) is 16.8 Å². The molecule has 1 aliphatic rings. The van der Waals surface area contributed by atoms with Crippen molar-refractivity contribution in [3.63, 3.8) is 0 Å². The molecular formula is C11H23N3O. The lowest BCUT2D eigenvalue weighted by Crippen LogP contribution is -2.34. The number of rotatable bonds is 4. The minimum atomic E-state index is 0.323. The third kappa shape index (κ3) is 4.51. The summed E-state index contributed by atoms with van der Waals surface area (Å²) in [6.45, 7) is 5.02. The summed E-state index contributed by atoms with van der Waals surface area (Å²) in [4.78, 5) is 2.28. The Morgan fingerprint density at radius 2 is 2.27 bits per heavy atom. The molecule has 1 unspecified atom stereocenters. The van der Waals surface area contributed by atoms with Crippen molar-refractivity contribution in [2.75, 3.05) is 19.6 Å². The van der Waals surface area contributed by atoms with E-state index in [2.05, 4.69) is 17.0 Å². The van der Waals surface area contributed by atoms with E-state index in [1.54, 1.807) is 0 Å². The van der Waals surface area contributed by atoms with E-state index in [-0.39, 0.29) is 0 Å². The molecule has 0 aliphatic carbocycles. The molecule has 15 heavy (non-hydrogen) atoms. The van der Waals surface area contributed by atoms with Crippen LogP contribution in [-0.2, 0) is 0 Å². The molecule has 0 aromatic carbocycles. The molecule has 0 saturated carbocycles. The number of nitrogens with zero attached hydrogens (tertiary/aromatic N) is 2. The maximum absolute atomic E-state index is 8.51. The van der Waals surface area contributed by atoms with Crippen LogP contribution in [0.3, 0.4) is 0 Å². The van der Waals surface area contributed by atoms with Gasteiger partial charge in [0.2, 0.25) is 0 Å². The van der Waals surface area contributed by atoms with Gasteiger partial charge in [0.25, 0.3) is 0 Å². The SMILES string of the molecule is CCCC1CCCN(CC(N)=NO)CC1. The zero-order chi connectivity index (χ0) is 11.1. The molecule has 4 heteroatoms. The smallest absolute Gasteiger partial charge is 0.153 e. The highest BCUT2D eigenvalue weighted by atomic mass is 16.4. The second-order valence-electron chi connectivity index (χ2n) is 4.45. The summed E-state index contributed by atoms with van der Waals surface area (Å²) >= 11 is 0. The van der Waals surface area contributed by atoms with Gasteiger partial charge in [0.15, 0.2) is 5.84 Å². The predicted octanol–water partition coefficient (Wildman–Crippen LogP) is 1.63. The van der Waals surface area contributed by atoms with Crippen LogP contribution in [-0.4, -0.2) is 35.6 Å². The van der Waals surface area contributed by atoms with Crippen LogP contribution in [0.15, 0.2) is 5.16 Å². The van der Waals surface area contributed by atoms with Crippen molar-refractivity contribution in [1.82, 2.24) is 4.90 Å². The van der Waals surface area contributed by atoms with Crippen LogP contribution in [0.4, 0.5) is 0 Å². The van der Waals surface area contributed by atoms with E-state index < -0.39 is 0 Å². The largest absolute Gasteiger partial charge is 0.409 e. The average molecular weight is 213 g/mol. The van der Waals surface area contributed by atoms with Gasteiger partial charge in [-0.3, -0.25) is 4.90 Å². The molecule has 0 spiro atoms. The van der Waals surface area contributed by atoms with Gasteiger partial charge >= 0.3 is 0 Å². The summed E-state index contributed by atoms with van der Waals surface area (Å²) in [5, 5.41) is 11.5. The molecule has 1 rings (SSSR count). The Kier molecular flexibility index (Phi) is 5.47. The summed E-state index contributed by atoms with van der Waals surface area (Å²) in [5.41, 5.74) is 5.51. The number of likely N-dealkylation sites (tertiary alicyclic amines) is 1. The van der Waals surface area contributed by atoms with Gasteiger partial charge in [-0.15, -0.1) is 0 Å². The topological polar surface area (TPSA) is 61.8 Å². The molecule has 1 heterocycles. The lowest BCUT2D eigenvalue weighted by molar-refractivity contribution is 0.294. The van der Waals surface area contributed by atoms with E-state index in [1.165, 1.54) is 32.1 Å². The van der Waals surface area contributed by atoms with Crippen molar-refractivity contribution in [1.29, 1.82) is 0 Å². The molecular weight excluding hydrogens is 190 g/mol. The predicted molar refractivity (Wildman–Crippen MR) is 62.1 cm³/mol.